The van der Waals surface area contributed by atoms with Crippen LogP contribution in [0.15, 0.2) is 0 Å². The van der Waals surface area contributed by atoms with Crippen LogP contribution in [-0.2, 0) is 4.74 Å². The monoisotopic (exact) mass is 311 g/mol. The second kappa shape index (κ2) is 7.18. The predicted molar refractivity (Wildman–Crippen MR) is 88.8 cm³/mol. The number of nitrogens with zero attached hydrogens (tertiary/aromatic N) is 1. The molecule has 1 aliphatic heterocycles. The molecule has 2 fully saturated rings. The van der Waals surface area contributed by atoms with Crippen molar-refractivity contribution in [3.8, 4) is 0 Å². The number of nitrogens with one attached hydrogen (secondary N) is 1. The van der Waals surface area contributed by atoms with E-state index in [4.69, 9.17) is 10.5 Å². The Bertz CT molecular complexity index is 373. The molecule has 3 N–H and O–H groups in total. The Morgan fingerprint density at radius 3 is 2.41 bits per heavy atom. The minimum atomic E-state index is -0.434. The number of amides is 1. The van der Waals surface area contributed by atoms with Crippen molar-refractivity contribution in [2.75, 3.05) is 6.54 Å². The van der Waals surface area contributed by atoms with Gasteiger partial charge >= 0.3 is 6.09 Å². The molecule has 0 spiro atoms. The Labute approximate surface area is 134 Å². The van der Waals surface area contributed by atoms with E-state index in [9.17, 15) is 4.79 Å². The van der Waals surface area contributed by atoms with Crippen molar-refractivity contribution in [3.05, 3.63) is 0 Å². The third kappa shape index (κ3) is 4.85. The van der Waals surface area contributed by atoms with Gasteiger partial charge in [0.2, 0.25) is 0 Å². The molecule has 0 aromatic carbocycles. The number of hydrogen-bond donors (Lipinski definition) is 2. The zero-order valence-electron chi connectivity index (χ0n) is 14.6. The summed E-state index contributed by atoms with van der Waals surface area (Å²) < 4.78 is 5.54. The standard InChI is InChI=1S/C17H33N3O2/c1-12-15(19-14-9-7-13(18)8-10-14)6-5-11-20(12)16(21)22-17(2,3)4/h12-15,19H,5-11,18H2,1-4H3. The third-order valence-corrected chi connectivity index (χ3v) is 4.84. The number of ether oxygens (including phenoxy) is 1. The van der Waals surface area contributed by atoms with Crippen molar-refractivity contribution in [1.82, 2.24) is 10.2 Å². The van der Waals surface area contributed by atoms with Gasteiger partial charge in [0, 0.05) is 30.7 Å². The number of hydrogen-bond acceptors (Lipinski definition) is 4. The lowest BCUT2D eigenvalue weighted by Crippen LogP contribution is -2.57. The maximum atomic E-state index is 12.4. The van der Waals surface area contributed by atoms with E-state index in [0.29, 0.717) is 18.1 Å². The van der Waals surface area contributed by atoms with Crippen LogP contribution in [0.3, 0.4) is 0 Å². The van der Waals surface area contributed by atoms with E-state index < -0.39 is 5.60 Å². The Balaban J connectivity index is 1.89. The average Bonchev–Trinajstić information content (AvgIpc) is 2.41. The predicted octanol–water partition coefficient (Wildman–Crippen LogP) is 2.63. The van der Waals surface area contributed by atoms with Gasteiger partial charge in [-0.05, 0) is 66.2 Å². The van der Waals surface area contributed by atoms with Gasteiger partial charge in [-0.3, -0.25) is 0 Å². The highest BCUT2D eigenvalue weighted by Gasteiger charge is 2.35. The molecular formula is C17H33N3O2. The maximum absolute atomic E-state index is 12.4. The van der Waals surface area contributed by atoms with Gasteiger partial charge in [0.1, 0.15) is 5.60 Å². The molecule has 1 heterocycles. The summed E-state index contributed by atoms with van der Waals surface area (Å²) in [4.78, 5) is 14.3. The van der Waals surface area contributed by atoms with Gasteiger partial charge in [-0.25, -0.2) is 4.79 Å². The van der Waals surface area contributed by atoms with Crippen molar-refractivity contribution < 1.29 is 9.53 Å². The molecule has 2 unspecified atom stereocenters. The fourth-order valence-corrected chi connectivity index (χ4v) is 3.53. The molecule has 5 heteroatoms. The Morgan fingerprint density at radius 1 is 1.18 bits per heavy atom. The molecule has 2 aliphatic rings. The zero-order chi connectivity index (χ0) is 16.3. The van der Waals surface area contributed by atoms with Crippen molar-refractivity contribution in [2.45, 2.75) is 96.0 Å². The summed E-state index contributed by atoms with van der Waals surface area (Å²) in [6.07, 6.45) is 6.49. The molecular weight excluding hydrogens is 278 g/mol. The summed E-state index contributed by atoms with van der Waals surface area (Å²) in [5.41, 5.74) is 5.55. The molecule has 5 nitrogen and oxygen atoms in total. The number of rotatable bonds is 2. The van der Waals surface area contributed by atoms with E-state index in [0.717, 1.165) is 45.1 Å². The molecule has 2 rings (SSSR count). The van der Waals surface area contributed by atoms with Crippen LogP contribution in [-0.4, -0.2) is 47.3 Å². The Morgan fingerprint density at radius 2 is 1.82 bits per heavy atom. The summed E-state index contributed by atoms with van der Waals surface area (Å²) in [5, 5.41) is 3.77. The van der Waals surface area contributed by atoms with Crippen LogP contribution in [0.1, 0.15) is 66.2 Å². The topological polar surface area (TPSA) is 67.6 Å². The van der Waals surface area contributed by atoms with Gasteiger partial charge in [0.15, 0.2) is 0 Å². The van der Waals surface area contributed by atoms with E-state index in [1.165, 1.54) is 0 Å². The second-order valence-corrected chi connectivity index (χ2v) is 7.94. The molecule has 1 saturated heterocycles. The Kier molecular flexibility index (Phi) is 5.72. The highest BCUT2D eigenvalue weighted by Crippen LogP contribution is 2.24. The molecule has 1 amide bonds. The minimum absolute atomic E-state index is 0.180. The first-order valence-electron chi connectivity index (χ1n) is 8.77. The fourth-order valence-electron chi connectivity index (χ4n) is 3.53. The SMILES string of the molecule is CC1C(NC2CCC(N)CC2)CCCN1C(=O)OC(C)(C)C. The molecule has 22 heavy (non-hydrogen) atoms. The first-order chi connectivity index (χ1) is 10.3. The summed E-state index contributed by atoms with van der Waals surface area (Å²) in [6.45, 7) is 8.68. The number of nitrogens with two attached hydrogens (primary N) is 1. The lowest BCUT2D eigenvalue weighted by Gasteiger charge is -2.42. The van der Waals surface area contributed by atoms with Crippen LogP contribution in [0.2, 0.25) is 0 Å². The van der Waals surface area contributed by atoms with Gasteiger partial charge in [-0.15, -0.1) is 0 Å². The van der Waals surface area contributed by atoms with Crippen LogP contribution >= 0.6 is 0 Å². The van der Waals surface area contributed by atoms with Crippen molar-refractivity contribution in [2.24, 2.45) is 5.73 Å². The van der Waals surface area contributed by atoms with E-state index in [1.54, 1.807) is 0 Å². The summed E-state index contributed by atoms with van der Waals surface area (Å²) in [6, 6.07) is 1.46. The first kappa shape index (κ1) is 17.5. The number of likely N-dealkylation sites (tertiary alicyclic amines) is 1. The average molecular weight is 311 g/mol. The molecule has 1 aliphatic carbocycles. The lowest BCUT2D eigenvalue weighted by molar-refractivity contribution is 0.00595. The van der Waals surface area contributed by atoms with Gasteiger partial charge in [-0.1, -0.05) is 0 Å². The largest absolute Gasteiger partial charge is 0.444 e. The van der Waals surface area contributed by atoms with E-state index in [1.807, 2.05) is 25.7 Å². The minimum Gasteiger partial charge on any atom is -0.444 e. The Hall–Kier alpha value is -0.810. The van der Waals surface area contributed by atoms with Crippen LogP contribution in [0.25, 0.3) is 0 Å². The summed E-state index contributed by atoms with van der Waals surface area (Å²) >= 11 is 0. The lowest BCUT2D eigenvalue weighted by atomic mass is 9.89. The van der Waals surface area contributed by atoms with Crippen molar-refractivity contribution in [1.29, 1.82) is 0 Å². The number of carbonyl (C=O) groups excluding carboxylic acids is 1. The first-order valence-corrected chi connectivity index (χ1v) is 8.77. The van der Waals surface area contributed by atoms with Crippen LogP contribution < -0.4 is 11.1 Å². The maximum Gasteiger partial charge on any atom is 0.410 e. The van der Waals surface area contributed by atoms with Crippen LogP contribution in [0, 0.1) is 0 Å². The highest BCUT2D eigenvalue weighted by molar-refractivity contribution is 5.68. The molecule has 2 atom stereocenters. The summed E-state index contributed by atoms with van der Waals surface area (Å²) in [5.74, 6) is 0. The molecule has 0 radical (unpaired) electrons. The van der Waals surface area contributed by atoms with E-state index in [-0.39, 0.29) is 12.1 Å². The van der Waals surface area contributed by atoms with Crippen LogP contribution in [0.4, 0.5) is 4.79 Å². The molecule has 0 aromatic rings. The van der Waals surface area contributed by atoms with Gasteiger partial charge in [0.25, 0.3) is 0 Å². The molecule has 0 aromatic heterocycles. The van der Waals surface area contributed by atoms with Crippen LogP contribution in [0.5, 0.6) is 0 Å². The number of carbonyl (C=O) groups is 1. The number of piperidine rings is 1. The van der Waals surface area contributed by atoms with Gasteiger partial charge in [-0.2, -0.15) is 0 Å². The zero-order valence-corrected chi connectivity index (χ0v) is 14.6. The third-order valence-electron chi connectivity index (χ3n) is 4.84. The molecule has 1 saturated carbocycles. The van der Waals surface area contributed by atoms with E-state index >= 15 is 0 Å². The van der Waals surface area contributed by atoms with E-state index in [2.05, 4.69) is 12.2 Å². The van der Waals surface area contributed by atoms with Crippen molar-refractivity contribution >= 4 is 6.09 Å². The normalized spacial score (nSPS) is 33.6. The molecule has 128 valence electrons. The second-order valence-electron chi connectivity index (χ2n) is 7.94. The van der Waals surface area contributed by atoms with Gasteiger partial charge < -0.3 is 20.7 Å². The van der Waals surface area contributed by atoms with Gasteiger partial charge in [0.05, 0.1) is 0 Å². The smallest absolute Gasteiger partial charge is 0.410 e. The van der Waals surface area contributed by atoms with Crippen molar-refractivity contribution in [3.63, 3.8) is 0 Å². The summed E-state index contributed by atoms with van der Waals surface area (Å²) in [7, 11) is 0. The highest BCUT2D eigenvalue weighted by atomic mass is 16.6. The quantitative estimate of drug-likeness (QED) is 0.822. The molecule has 0 bridgehead atoms. The fraction of sp³-hybridized carbons (Fsp3) is 0.941.